The number of hydrazine groups is 1. The lowest BCUT2D eigenvalue weighted by molar-refractivity contribution is -0.384. The number of non-ortho nitro benzene ring substituents is 1. The lowest BCUT2D eigenvalue weighted by atomic mass is 10.2. The molecule has 2 aromatic rings. The summed E-state index contributed by atoms with van der Waals surface area (Å²) in [6, 6.07) is 4.55. The fourth-order valence-corrected chi connectivity index (χ4v) is 1.65. The Labute approximate surface area is 109 Å². The zero-order chi connectivity index (χ0) is 13.7. The van der Waals surface area contributed by atoms with Crippen molar-refractivity contribution in [3.05, 3.63) is 47.0 Å². The van der Waals surface area contributed by atoms with Gasteiger partial charge in [-0.05, 0) is 6.07 Å². The van der Waals surface area contributed by atoms with Crippen molar-refractivity contribution >= 4 is 17.1 Å². The van der Waals surface area contributed by atoms with Gasteiger partial charge in [0.05, 0.1) is 16.9 Å². The third kappa shape index (κ3) is 3.42. The predicted octanol–water partition coefficient (Wildman–Crippen LogP) is 1.19. The highest BCUT2D eigenvalue weighted by Crippen LogP contribution is 2.23. The zero-order valence-corrected chi connectivity index (χ0v) is 10.1. The molecule has 0 amide bonds. The van der Waals surface area contributed by atoms with Crippen LogP contribution in [0.5, 0.6) is 0 Å². The first-order valence-electron chi connectivity index (χ1n) is 5.65. The van der Waals surface area contributed by atoms with Gasteiger partial charge in [0.1, 0.15) is 0 Å². The summed E-state index contributed by atoms with van der Waals surface area (Å²) < 4.78 is 1.91. The van der Waals surface area contributed by atoms with E-state index in [1.165, 1.54) is 12.1 Å². The second kappa shape index (κ2) is 5.83. The third-order valence-corrected chi connectivity index (χ3v) is 2.55. The summed E-state index contributed by atoms with van der Waals surface area (Å²) in [4.78, 5) is 14.3. The molecule has 0 aliphatic carbocycles. The molecule has 0 aliphatic rings. The van der Waals surface area contributed by atoms with Gasteiger partial charge in [-0.2, -0.15) is 0 Å². The molecule has 8 heteroatoms. The van der Waals surface area contributed by atoms with Crippen LogP contribution in [0, 0.1) is 10.1 Å². The highest BCUT2D eigenvalue weighted by molar-refractivity contribution is 5.63. The number of hydrogen-bond donors (Lipinski definition) is 3. The standard InChI is InChI=1S/C11H14N6O2/c12-15-10-5-9(6-11(7-10)17(18)19)14-2-4-16-3-1-13-8-16/h1,3,5-8,14-15H,2,4,12H2. The maximum Gasteiger partial charge on any atom is 0.273 e. The molecule has 0 radical (unpaired) electrons. The number of nitro benzene ring substituents is 1. The number of nitrogen functional groups attached to an aromatic ring is 1. The molecule has 8 nitrogen and oxygen atoms in total. The van der Waals surface area contributed by atoms with Gasteiger partial charge in [-0.3, -0.25) is 16.0 Å². The van der Waals surface area contributed by atoms with Crippen LogP contribution < -0.4 is 16.6 Å². The lowest BCUT2D eigenvalue weighted by Crippen LogP contribution is -2.11. The van der Waals surface area contributed by atoms with E-state index >= 15 is 0 Å². The molecule has 0 spiro atoms. The van der Waals surface area contributed by atoms with E-state index in [4.69, 9.17) is 5.84 Å². The van der Waals surface area contributed by atoms with Crippen molar-refractivity contribution in [3.8, 4) is 0 Å². The van der Waals surface area contributed by atoms with Crippen LogP contribution in [0.4, 0.5) is 17.1 Å². The lowest BCUT2D eigenvalue weighted by Gasteiger charge is -2.09. The number of benzene rings is 1. The van der Waals surface area contributed by atoms with Gasteiger partial charge in [-0.25, -0.2) is 4.98 Å². The monoisotopic (exact) mass is 262 g/mol. The van der Waals surface area contributed by atoms with Crippen molar-refractivity contribution in [1.82, 2.24) is 9.55 Å². The first-order chi connectivity index (χ1) is 9.19. The molecule has 0 unspecified atom stereocenters. The number of rotatable bonds is 6. The minimum atomic E-state index is -0.456. The van der Waals surface area contributed by atoms with Gasteiger partial charge in [-0.15, -0.1) is 0 Å². The quantitative estimate of drug-likeness (QED) is 0.409. The van der Waals surface area contributed by atoms with E-state index in [1.54, 1.807) is 18.6 Å². The maximum absolute atomic E-state index is 10.8. The molecular formula is C11H14N6O2. The molecule has 0 bridgehead atoms. The number of hydrogen-bond acceptors (Lipinski definition) is 6. The van der Waals surface area contributed by atoms with Crippen LogP contribution in [0.15, 0.2) is 36.9 Å². The van der Waals surface area contributed by atoms with Crippen molar-refractivity contribution in [2.45, 2.75) is 6.54 Å². The Morgan fingerprint density at radius 3 is 2.79 bits per heavy atom. The molecule has 0 saturated heterocycles. The van der Waals surface area contributed by atoms with E-state index in [2.05, 4.69) is 15.7 Å². The van der Waals surface area contributed by atoms with Crippen LogP contribution in [0.25, 0.3) is 0 Å². The van der Waals surface area contributed by atoms with Crippen molar-refractivity contribution in [2.24, 2.45) is 5.84 Å². The van der Waals surface area contributed by atoms with E-state index in [1.807, 2.05) is 10.8 Å². The van der Waals surface area contributed by atoms with Crippen molar-refractivity contribution in [2.75, 3.05) is 17.3 Å². The molecule has 1 heterocycles. The molecule has 0 atom stereocenters. The highest BCUT2D eigenvalue weighted by Gasteiger charge is 2.09. The highest BCUT2D eigenvalue weighted by atomic mass is 16.6. The topological polar surface area (TPSA) is 111 Å². The summed E-state index contributed by atoms with van der Waals surface area (Å²) in [7, 11) is 0. The fourth-order valence-electron chi connectivity index (χ4n) is 1.65. The first-order valence-corrected chi connectivity index (χ1v) is 5.65. The van der Waals surface area contributed by atoms with Crippen molar-refractivity contribution in [1.29, 1.82) is 0 Å². The minimum absolute atomic E-state index is 0.0134. The van der Waals surface area contributed by atoms with Gasteiger partial charge in [-0.1, -0.05) is 0 Å². The summed E-state index contributed by atoms with van der Waals surface area (Å²) in [5, 5.41) is 13.9. The summed E-state index contributed by atoms with van der Waals surface area (Å²) in [6.45, 7) is 1.34. The minimum Gasteiger partial charge on any atom is -0.383 e. The molecule has 1 aromatic heterocycles. The summed E-state index contributed by atoms with van der Waals surface area (Å²) in [6.07, 6.45) is 5.26. The number of nitrogens with two attached hydrogens (primary N) is 1. The van der Waals surface area contributed by atoms with E-state index in [9.17, 15) is 10.1 Å². The van der Waals surface area contributed by atoms with Crippen molar-refractivity contribution in [3.63, 3.8) is 0 Å². The number of anilines is 2. The molecule has 19 heavy (non-hydrogen) atoms. The third-order valence-electron chi connectivity index (χ3n) is 2.55. The maximum atomic E-state index is 10.8. The molecule has 0 saturated carbocycles. The molecule has 0 fully saturated rings. The Bertz CT molecular complexity index is 554. The number of nitro groups is 1. The Hall–Kier alpha value is -2.61. The Balaban J connectivity index is 2.02. The van der Waals surface area contributed by atoms with Crippen molar-refractivity contribution < 1.29 is 4.92 Å². The van der Waals surface area contributed by atoms with Gasteiger partial charge in [0.25, 0.3) is 5.69 Å². The van der Waals surface area contributed by atoms with Crippen LogP contribution >= 0.6 is 0 Å². The first kappa shape index (κ1) is 12.8. The molecule has 4 N–H and O–H groups in total. The average Bonchev–Trinajstić information content (AvgIpc) is 2.91. The summed E-state index contributed by atoms with van der Waals surface area (Å²) in [5.74, 6) is 5.28. The second-order valence-electron chi connectivity index (χ2n) is 3.90. The normalized spacial score (nSPS) is 10.2. The van der Waals surface area contributed by atoms with Crippen LogP contribution in [-0.4, -0.2) is 21.0 Å². The van der Waals surface area contributed by atoms with Crippen LogP contribution in [0.2, 0.25) is 0 Å². The Kier molecular flexibility index (Phi) is 3.94. The number of imidazole rings is 1. The molecule has 0 aliphatic heterocycles. The Morgan fingerprint density at radius 1 is 1.37 bits per heavy atom. The summed E-state index contributed by atoms with van der Waals surface area (Å²) in [5.41, 5.74) is 3.52. The summed E-state index contributed by atoms with van der Waals surface area (Å²) >= 11 is 0. The second-order valence-corrected chi connectivity index (χ2v) is 3.90. The largest absolute Gasteiger partial charge is 0.383 e. The van der Waals surface area contributed by atoms with E-state index < -0.39 is 4.92 Å². The van der Waals surface area contributed by atoms with Gasteiger partial charge >= 0.3 is 0 Å². The average molecular weight is 262 g/mol. The molecular weight excluding hydrogens is 248 g/mol. The van der Waals surface area contributed by atoms with Gasteiger partial charge in [0.2, 0.25) is 0 Å². The van der Waals surface area contributed by atoms with Gasteiger partial charge in [0.15, 0.2) is 0 Å². The van der Waals surface area contributed by atoms with E-state index in [0.717, 1.165) is 0 Å². The van der Waals surface area contributed by atoms with Crippen LogP contribution in [0.1, 0.15) is 0 Å². The number of nitrogens with one attached hydrogen (secondary N) is 2. The van der Waals surface area contributed by atoms with E-state index in [-0.39, 0.29) is 5.69 Å². The van der Waals surface area contributed by atoms with Crippen LogP contribution in [0.3, 0.4) is 0 Å². The van der Waals surface area contributed by atoms with Gasteiger partial charge < -0.3 is 15.3 Å². The number of aromatic nitrogens is 2. The SMILES string of the molecule is NNc1cc(NCCn2ccnc2)cc([N+](=O)[O-])c1. The predicted molar refractivity (Wildman–Crippen MR) is 71.6 cm³/mol. The Morgan fingerprint density at radius 2 is 2.16 bits per heavy atom. The van der Waals surface area contributed by atoms with E-state index in [0.29, 0.717) is 24.5 Å². The van der Waals surface area contributed by atoms with Gasteiger partial charge in [0, 0.05) is 43.3 Å². The molecule has 2 rings (SSSR count). The zero-order valence-electron chi connectivity index (χ0n) is 10.1. The molecule has 100 valence electrons. The smallest absolute Gasteiger partial charge is 0.273 e. The molecule has 1 aromatic carbocycles. The number of nitrogens with zero attached hydrogens (tertiary/aromatic N) is 3. The van der Waals surface area contributed by atoms with Crippen LogP contribution in [-0.2, 0) is 6.54 Å². The fraction of sp³-hybridized carbons (Fsp3) is 0.182.